The number of benzene rings is 3. The molecule has 1 saturated heterocycles. The van der Waals surface area contributed by atoms with Gasteiger partial charge in [-0.1, -0.05) is 64.5 Å². The Labute approximate surface area is 219 Å². The Balaban J connectivity index is 1.43. The summed E-state index contributed by atoms with van der Waals surface area (Å²) in [6.07, 6.45) is 1.90. The molecule has 0 radical (unpaired) electrons. The van der Waals surface area contributed by atoms with Gasteiger partial charge in [0.2, 0.25) is 5.82 Å². The van der Waals surface area contributed by atoms with Crippen molar-refractivity contribution < 1.29 is 9.53 Å². The largest absolute Gasteiger partial charge is 0.497 e. The first kappa shape index (κ1) is 24.1. The van der Waals surface area contributed by atoms with Gasteiger partial charge in [-0.25, -0.2) is 0 Å². The molecule has 1 fully saturated rings. The quantitative estimate of drug-likeness (QED) is 0.308. The molecule has 0 unspecified atom stereocenters. The molecule has 0 spiro atoms. The number of methoxy groups -OCH3 is 1. The Kier molecular flexibility index (Phi) is 7.32. The van der Waals surface area contributed by atoms with Crippen LogP contribution in [0, 0.1) is 0 Å². The lowest BCUT2D eigenvalue weighted by Crippen LogP contribution is -2.33. The number of carbonyl (C=O) groups is 1. The van der Waals surface area contributed by atoms with Crippen molar-refractivity contribution in [2.24, 2.45) is 0 Å². The van der Waals surface area contributed by atoms with Crippen LogP contribution in [0.15, 0.2) is 83.3 Å². The standard InChI is InChI=1S/C28H28BrN5O2/c1-36-24-10-5-9-23(17-24)30-18-26-31-32-27(34(26)19-20-7-3-2-4-8-20)28(35)33-16-6-11-25(33)21-12-14-22(29)15-13-21/h2-5,7-10,12-15,17,25,30H,6,11,16,18-19H2,1H3/t25-/m1/s1. The second-order valence-corrected chi connectivity index (χ2v) is 9.72. The van der Waals surface area contributed by atoms with Crippen molar-refractivity contribution in [3.8, 4) is 5.75 Å². The minimum Gasteiger partial charge on any atom is -0.497 e. The number of likely N-dealkylation sites (tertiary alicyclic amines) is 1. The first-order valence-electron chi connectivity index (χ1n) is 12.0. The zero-order chi connectivity index (χ0) is 24.9. The van der Waals surface area contributed by atoms with Crippen molar-refractivity contribution >= 4 is 27.5 Å². The zero-order valence-corrected chi connectivity index (χ0v) is 21.7. The van der Waals surface area contributed by atoms with Crippen LogP contribution in [-0.4, -0.2) is 39.2 Å². The van der Waals surface area contributed by atoms with E-state index >= 15 is 0 Å². The molecular weight excluding hydrogens is 518 g/mol. The Morgan fingerprint density at radius 1 is 1.06 bits per heavy atom. The number of ether oxygens (including phenoxy) is 1. The number of anilines is 1. The van der Waals surface area contributed by atoms with E-state index in [1.807, 2.05) is 76.2 Å². The van der Waals surface area contributed by atoms with E-state index in [1.54, 1.807) is 7.11 Å². The van der Waals surface area contributed by atoms with Crippen molar-refractivity contribution in [3.63, 3.8) is 0 Å². The van der Waals surface area contributed by atoms with E-state index in [-0.39, 0.29) is 11.9 Å². The number of hydrogen-bond donors (Lipinski definition) is 1. The van der Waals surface area contributed by atoms with Crippen molar-refractivity contribution in [2.45, 2.75) is 32.0 Å². The molecule has 7 nitrogen and oxygen atoms in total. The maximum atomic E-state index is 13.8. The lowest BCUT2D eigenvalue weighted by atomic mass is 10.0. The average molecular weight is 546 g/mol. The predicted molar refractivity (Wildman–Crippen MR) is 143 cm³/mol. The van der Waals surface area contributed by atoms with Gasteiger partial charge in [0.1, 0.15) is 5.75 Å². The van der Waals surface area contributed by atoms with E-state index in [2.05, 4.69) is 43.6 Å². The molecule has 1 aliphatic heterocycles. The molecule has 0 aliphatic carbocycles. The van der Waals surface area contributed by atoms with Gasteiger partial charge >= 0.3 is 0 Å². The molecule has 0 bridgehead atoms. The fourth-order valence-corrected chi connectivity index (χ4v) is 4.90. The monoisotopic (exact) mass is 545 g/mol. The van der Waals surface area contributed by atoms with Crippen molar-refractivity contribution in [2.75, 3.05) is 19.0 Å². The summed E-state index contributed by atoms with van der Waals surface area (Å²) in [5, 5.41) is 12.2. The van der Waals surface area contributed by atoms with E-state index in [9.17, 15) is 4.79 Å². The van der Waals surface area contributed by atoms with Gasteiger partial charge in [-0.05, 0) is 48.2 Å². The molecule has 1 aliphatic rings. The molecule has 8 heteroatoms. The average Bonchev–Trinajstić information content (AvgIpc) is 3.56. The Bertz CT molecular complexity index is 1320. The smallest absolute Gasteiger partial charge is 0.292 e. The van der Waals surface area contributed by atoms with Crippen molar-refractivity contribution in [3.05, 3.63) is 106 Å². The molecule has 36 heavy (non-hydrogen) atoms. The summed E-state index contributed by atoms with van der Waals surface area (Å²) in [7, 11) is 1.65. The molecule has 2 heterocycles. The van der Waals surface area contributed by atoms with E-state index in [0.717, 1.165) is 39.9 Å². The fraction of sp³-hybridized carbons (Fsp3) is 0.250. The molecule has 1 N–H and O–H groups in total. The number of aromatic nitrogens is 3. The van der Waals surface area contributed by atoms with Gasteiger partial charge in [-0.15, -0.1) is 10.2 Å². The normalized spacial score (nSPS) is 15.2. The number of nitrogens with zero attached hydrogens (tertiary/aromatic N) is 4. The first-order valence-corrected chi connectivity index (χ1v) is 12.8. The third-order valence-electron chi connectivity index (χ3n) is 6.49. The van der Waals surface area contributed by atoms with Gasteiger partial charge < -0.3 is 19.5 Å². The summed E-state index contributed by atoms with van der Waals surface area (Å²) in [6.45, 7) is 1.65. The van der Waals surface area contributed by atoms with Gasteiger partial charge in [-0.3, -0.25) is 4.79 Å². The van der Waals surface area contributed by atoms with Crippen LogP contribution in [-0.2, 0) is 13.1 Å². The van der Waals surface area contributed by atoms with E-state index in [0.29, 0.717) is 31.3 Å². The van der Waals surface area contributed by atoms with E-state index < -0.39 is 0 Å². The maximum absolute atomic E-state index is 13.8. The highest BCUT2D eigenvalue weighted by Gasteiger charge is 2.33. The molecular formula is C28H28BrN5O2. The number of hydrogen-bond acceptors (Lipinski definition) is 5. The number of rotatable bonds is 8. The summed E-state index contributed by atoms with van der Waals surface area (Å²) in [5.74, 6) is 1.75. The third kappa shape index (κ3) is 5.28. The van der Waals surface area contributed by atoms with Gasteiger partial charge in [0.15, 0.2) is 5.82 Å². The second kappa shape index (κ2) is 11.0. The minimum atomic E-state index is -0.0866. The van der Waals surface area contributed by atoms with Gasteiger partial charge in [0.25, 0.3) is 5.91 Å². The molecule has 4 aromatic rings. The number of carbonyl (C=O) groups excluding carboxylic acids is 1. The van der Waals surface area contributed by atoms with E-state index in [4.69, 9.17) is 4.74 Å². The Morgan fingerprint density at radius 3 is 2.64 bits per heavy atom. The number of halogens is 1. The fourth-order valence-electron chi connectivity index (χ4n) is 4.64. The highest BCUT2D eigenvalue weighted by Crippen LogP contribution is 2.33. The summed E-state index contributed by atoms with van der Waals surface area (Å²) in [6, 6.07) is 26.1. The predicted octanol–water partition coefficient (Wildman–Crippen LogP) is 5.69. The number of amides is 1. The van der Waals surface area contributed by atoms with E-state index in [1.165, 1.54) is 0 Å². The van der Waals surface area contributed by atoms with Crippen molar-refractivity contribution in [1.82, 2.24) is 19.7 Å². The van der Waals surface area contributed by atoms with Gasteiger partial charge in [-0.2, -0.15) is 0 Å². The Morgan fingerprint density at radius 2 is 1.86 bits per heavy atom. The summed E-state index contributed by atoms with van der Waals surface area (Å²) >= 11 is 3.50. The van der Waals surface area contributed by atoms with Crippen molar-refractivity contribution in [1.29, 1.82) is 0 Å². The summed E-state index contributed by atoms with van der Waals surface area (Å²) in [5.41, 5.74) is 3.13. The summed E-state index contributed by atoms with van der Waals surface area (Å²) in [4.78, 5) is 15.8. The van der Waals surface area contributed by atoms with Crippen LogP contribution < -0.4 is 10.1 Å². The topological polar surface area (TPSA) is 72.3 Å². The second-order valence-electron chi connectivity index (χ2n) is 8.81. The van der Waals surface area contributed by atoms with Crippen LogP contribution >= 0.6 is 15.9 Å². The molecule has 1 atom stereocenters. The van der Waals surface area contributed by atoms with Crippen LogP contribution in [0.3, 0.4) is 0 Å². The third-order valence-corrected chi connectivity index (χ3v) is 7.02. The SMILES string of the molecule is COc1cccc(NCc2nnc(C(=O)N3CCC[C@@H]3c3ccc(Br)cc3)n2Cc2ccccc2)c1. The van der Waals surface area contributed by atoms with Gasteiger partial charge in [0, 0.05) is 22.8 Å². The zero-order valence-electron chi connectivity index (χ0n) is 20.1. The first-order chi connectivity index (χ1) is 17.6. The molecule has 5 rings (SSSR count). The highest BCUT2D eigenvalue weighted by atomic mass is 79.9. The number of nitrogens with one attached hydrogen (secondary N) is 1. The lowest BCUT2D eigenvalue weighted by Gasteiger charge is -2.25. The summed E-state index contributed by atoms with van der Waals surface area (Å²) < 4.78 is 8.29. The molecule has 0 saturated carbocycles. The molecule has 1 amide bonds. The van der Waals surface area contributed by atoms with Crippen LogP contribution in [0.5, 0.6) is 5.75 Å². The molecule has 3 aromatic carbocycles. The minimum absolute atomic E-state index is 0.0332. The molecule has 1 aromatic heterocycles. The Hall–Kier alpha value is -3.65. The lowest BCUT2D eigenvalue weighted by molar-refractivity contribution is 0.0718. The molecule has 184 valence electrons. The van der Waals surface area contributed by atoms with Gasteiger partial charge in [0.05, 0.1) is 26.2 Å². The highest BCUT2D eigenvalue weighted by molar-refractivity contribution is 9.10. The van der Waals surface area contributed by atoms with Crippen LogP contribution in [0.2, 0.25) is 0 Å². The van der Waals surface area contributed by atoms with Crippen LogP contribution in [0.1, 0.15) is 46.5 Å². The van der Waals surface area contributed by atoms with Crippen LogP contribution in [0.25, 0.3) is 0 Å². The maximum Gasteiger partial charge on any atom is 0.292 e. The van der Waals surface area contributed by atoms with Crippen LogP contribution in [0.4, 0.5) is 5.69 Å².